The van der Waals surface area contributed by atoms with Crippen LogP contribution < -0.4 is 10.1 Å². The minimum atomic E-state index is -3.01. The van der Waals surface area contributed by atoms with Gasteiger partial charge in [-0.25, -0.2) is 4.39 Å². The molecule has 1 aliphatic carbocycles. The van der Waals surface area contributed by atoms with Crippen LogP contribution in [0.4, 0.5) is 13.2 Å². The number of benzene rings is 1. The van der Waals surface area contributed by atoms with Crippen LogP contribution in [0.2, 0.25) is 0 Å². The van der Waals surface area contributed by atoms with Gasteiger partial charge in [0.15, 0.2) is 0 Å². The molecule has 4 rings (SSSR count). The Morgan fingerprint density at radius 1 is 1.35 bits per heavy atom. The number of alkyl halides is 2. The summed E-state index contributed by atoms with van der Waals surface area (Å²) < 4.78 is 46.3. The highest BCUT2D eigenvalue weighted by Crippen LogP contribution is 2.38. The third-order valence-electron chi connectivity index (χ3n) is 6.50. The SMILES string of the molecule is CC(C)n1nc(-c2cc(OC(F)F)ccc2F)c2c1CC(C(=O)NC1(C#N)CCSCC1)CC2. The number of nitrogens with one attached hydrogen (secondary N) is 1. The summed E-state index contributed by atoms with van der Waals surface area (Å²) in [6.07, 6.45) is 2.69. The number of rotatable bonds is 6. The van der Waals surface area contributed by atoms with Crippen molar-refractivity contribution in [3.8, 4) is 23.1 Å². The summed E-state index contributed by atoms with van der Waals surface area (Å²) in [6.45, 7) is 0.870. The molecular weight excluding hydrogens is 465 g/mol. The van der Waals surface area contributed by atoms with Crippen molar-refractivity contribution < 1.29 is 22.7 Å². The minimum absolute atomic E-state index is 0.0475. The number of nitriles is 1. The molecule has 2 aliphatic rings. The largest absolute Gasteiger partial charge is 0.435 e. The highest BCUT2D eigenvalue weighted by Gasteiger charge is 2.38. The fraction of sp³-hybridized carbons (Fsp3) is 0.542. The van der Waals surface area contributed by atoms with E-state index in [4.69, 9.17) is 0 Å². The zero-order valence-electron chi connectivity index (χ0n) is 19.1. The van der Waals surface area contributed by atoms with E-state index in [0.29, 0.717) is 37.8 Å². The van der Waals surface area contributed by atoms with Gasteiger partial charge in [0.25, 0.3) is 0 Å². The van der Waals surface area contributed by atoms with Crippen molar-refractivity contribution in [3.05, 3.63) is 35.3 Å². The molecule has 1 fully saturated rings. The average molecular weight is 493 g/mol. The second kappa shape index (κ2) is 9.90. The normalized spacial score (nSPS) is 19.5. The molecule has 1 aromatic heterocycles. The molecule has 10 heteroatoms. The summed E-state index contributed by atoms with van der Waals surface area (Å²) >= 11 is 1.78. The molecule has 182 valence electrons. The zero-order chi connectivity index (χ0) is 24.5. The smallest absolute Gasteiger partial charge is 0.387 e. The van der Waals surface area contributed by atoms with Crippen LogP contribution in [0.5, 0.6) is 5.75 Å². The van der Waals surface area contributed by atoms with E-state index in [1.165, 1.54) is 6.07 Å². The number of ether oxygens (including phenoxy) is 1. The van der Waals surface area contributed by atoms with Gasteiger partial charge >= 0.3 is 6.61 Å². The Hall–Kier alpha value is -2.67. The Labute approximate surface area is 200 Å². The Balaban J connectivity index is 1.63. The van der Waals surface area contributed by atoms with Crippen LogP contribution in [0.25, 0.3) is 11.3 Å². The molecule has 1 amide bonds. The number of hydrogen-bond acceptors (Lipinski definition) is 5. The van der Waals surface area contributed by atoms with Crippen molar-refractivity contribution in [1.29, 1.82) is 5.26 Å². The van der Waals surface area contributed by atoms with Crippen LogP contribution in [0, 0.1) is 23.1 Å². The number of halogens is 3. The van der Waals surface area contributed by atoms with Crippen LogP contribution >= 0.6 is 11.8 Å². The fourth-order valence-electron chi connectivity index (χ4n) is 4.69. The fourth-order valence-corrected chi connectivity index (χ4v) is 5.88. The van der Waals surface area contributed by atoms with Gasteiger partial charge in [0.1, 0.15) is 17.1 Å². The molecule has 0 saturated carbocycles. The first-order valence-electron chi connectivity index (χ1n) is 11.4. The van der Waals surface area contributed by atoms with E-state index in [1.54, 1.807) is 16.4 Å². The minimum Gasteiger partial charge on any atom is -0.435 e. The van der Waals surface area contributed by atoms with Gasteiger partial charge in [-0.05, 0) is 69.2 Å². The van der Waals surface area contributed by atoms with Gasteiger partial charge in [-0.2, -0.15) is 30.9 Å². The van der Waals surface area contributed by atoms with Gasteiger partial charge < -0.3 is 10.1 Å². The highest BCUT2D eigenvalue weighted by molar-refractivity contribution is 7.99. The van der Waals surface area contributed by atoms with Crippen molar-refractivity contribution in [2.24, 2.45) is 5.92 Å². The number of hydrogen-bond donors (Lipinski definition) is 1. The molecule has 1 atom stereocenters. The maximum absolute atomic E-state index is 14.7. The number of nitrogens with zero attached hydrogens (tertiary/aromatic N) is 3. The summed E-state index contributed by atoms with van der Waals surface area (Å²) in [5, 5.41) is 17.4. The van der Waals surface area contributed by atoms with Crippen molar-refractivity contribution in [2.75, 3.05) is 11.5 Å². The Kier molecular flexibility index (Phi) is 7.12. The molecule has 1 aromatic carbocycles. The van der Waals surface area contributed by atoms with Crippen LogP contribution in [-0.4, -0.2) is 39.3 Å². The lowest BCUT2D eigenvalue weighted by Gasteiger charge is -2.33. The van der Waals surface area contributed by atoms with E-state index >= 15 is 0 Å². The molecule has 2 aromatic rings. The summed E-state index contributed by atoms with van der Waals surface area (Å²) in [7, 11) is 0. The predicted molar refractivity (Wildman–Crippen MR) is 123 cm³/mol. The predicted octanol–water partition coefficient (Wildman–Crippen LogP) is 4.88. The molecule has 2 heterocycles. The number of thioether (sulfide) groups is 1. The van der Waals surface area contributed by atoms with Gasteiger partial charge in [0.2, 0.25) is 5.91 Å². The van der Waals surface area contributed by atoms with Crippen molar-refractivity contribution >= 4 is 17.7 Å². The van der Waals surface area contributed by atoms with E-state index in [1.807, 2.05) is 13.8 Å². The van der Waals surface area contributed by atoms with Gasteiger partial charge in [-0.15, -0.1) is 0 Å². The molecule has 0 radical (unpaired) electrons. The van der Waals surface area contributed by atoms with Gasteiger partial charge in [-0.3, -0.25) is 9.48 Å². The second-order valence-corrected chi connectivity index (χ2v) is 10.3. The van der Waals surface area contributed by atoms with Crippen LogP contribution in [0.3, 0.4) is 0 Å². The lowest BCUT2D eigenvalue weighted by Crippen LogP contribution is -2.52. The quantitative estimate of drug-likeness (QED) is 0.622. The zero-order valence-corrected chi connectivity index (χ0v) is 19.9. The maximum atomic E-state index is 14.7. The summed E-state index contributed by atoms with van der Waals surface area (Å²) in [5.41, 5.74) is 1.31. The molecule has 1 aliphatic heterocycles. The second-order valence-electron chi connectivity index (χ2n) is 9.07. The van der Waals surface area contributed by atoms with Crippen LogP contribution in [0.1, 0.15) is 50.4 Å². The van der Waals surface area contributed by atoms with Gasteiger partial charge in [0.05, 0.1) is 11.8 Å². The average Bonchev–Trinajstić information content (AvgIpc) is 3.19. The first-order valence-corrected chi connectivity index (χ1v) is 12.5. The molecule has 6 nitrogen and oxygen atoms in total. The van der Waals surface area contributed by atoms with Crippen LogP contribution in [0.15, 0.2) is 18.2 Å². The number of carbonyl (C=O) groups excluding carboxylic acids is 1. The molecule has 0 spiro atoms. The number of amides is 1. The van der Waals surface area contributed by atoms with E-state index in [0.717, 1.165) is 34.9 Å². The van der Waals surface area contributed by atoms with Crippen molar-refractivity contribution in [2.45, 2.75) is 64.1 Å². The van der Waals surface area contributed by atoms with E-state index in [-0.39, 0.29) is 29.2 Å². The van der Waals surface area contributed by atoms with Crippen molar-refractivity contribution in [3.63, 3.8) is 0 Å². The van der Waals surface area contributed by atoms with Gasteiger partial charge in [0, 0.05) is 35.2 Å². The Bertz CT molecular complexity index is 1110. The van der Waals surface area contributed by atoms with Gasteiger partial charge in [-0.1, -0.05) is 0 Å². The molecule has 34 heavy (non-hydrogen) atoms. The molecule has 0 bridgehead atoms. The lowest BCUT2D eigenvalue weighted by molar-refractivity contribution is -0.126. The Morgan fingerprint density at radius 2 is 2.09 bits per heavy atom. The number of aromatic nitrogens is 2. The molecule has 1 N–H and O–H groups in total. The topological polar surface area (TPSA) is 79.9 Å². The lowest BCUT2D eigenvalue weighted by atomic mass is 9.84. The first kappa shape index (κ1) is 24.5. The number of fused-ring (bicyclic) bond motifs is 1. The van der Waals surface area contributed by atoms with E-state index in [9.17, 15) is 23.2 Å². The van der Waals surface area contributed by atoms with Crippen LogP contribution in [-0.2, 0) is 17.6 Å². The van der Waals surface area contributed by atoms with Crippen molar-refractivity contribution in [1.82, 2.24) is 15.1 Å². The van der Waals surface area contributed by atoms with E-state index < -0.39 is 18.0 Å². The van der Waals surface area contributed by atoms with E-state index in [2.05, 4.69) is 21.2 Å². The monoisotopic (exact) mass is 492 g/mol. The highest BCUT2D eigenvalue weighted by atomic mass is 32.2. The number of carbonyl (C=O) groups is 1. The summed E-state index contributed by atoms with van der Waals surface area (Å²) in [5.74, 6) is 0.491. The maximum Gasteiger partial charge on any atom is 0.387 e. The summed E-state index contributed by atoms with van der Waals surface area (Å²) in [6, 6.07) is 5.76. The molecular formula is C24H27F3N4O2S. The summed E-state index contributed by atoms with van der Waals surface area (Å²) in [4.78, 5) is 13.2. The third kappa shape index (κ3) is 4.90. The molecule has 1 unspecified atom stereocenters. The first-order chi connectivity index (χ1) is 16.2. The third-order valence-corrected chi connectivity index (χ3v) is 7.49. The standard InChI is InChI=1S/C24H27F3N4O2S/c1-14(2)31-20-11-15(22(32)29-24(13-28)7-9-34-10-8-24)3-5-17(20)21(30-31)18-12-16(33-23(26)27)4-6-19(18)25/h4,6,12,14-15,23H,3,5,7-11H2,1-2H3,(H,29,32). The Morgan fingerprint density at radius 3 is 2.74 bits per heavy atom. The molecule has 1 saturated heterocycles.